The Morgan fingerprint density at radius 3 is 2.46 bits per heavy atom. The van der Waals surface area contributed by atoms with Crippen LogP contribution in [0.25, 0.3) is 21.9 Å². The molecule has 0 aliphatic heterocycles. The minimum atomic E-state index is -0.453. The van der Waals surface area contributed by atoms with E-state index in [2.05, 4.69) is 5.32 Å². The fourth-order valence-electron chi connectivity index (χ4n) is 3.10. The van der Waals surface area contributed by atoms with Gasteiger partial charge in [0.2, 0.25) is 5.91 Å². The van der Waals surface area contributed by atoms with E-state index in [4.69, 9.17) is 8.83 Å². The molecule has 0 atom stereocenters. The average Bonchev–Trinajstić information content (AvgIpc) is 3.29. The molecule has 1 saturated carbocycles. The highest BCUT2D eigenvalue weighted by atomic mass is 16.4. The van der Waals surface area contributed by atoms with E-state index < -0.39 is 5.63 Å². The second-order valence-corrected chi connectivity index (χ2v) is 6.64. The molecule has 4 rings (SSSR count). The second-order valence-electron chi connectivity index (χ2n) is 6.64. The second kappa shape index (κ2) is 5.23. The summed E-state index contributed by atoms with van der Waals surface area (Å²) in [5, 5.41) is 4.76. The van der Waals surface area contributed by atoms with Gasteiger partial charge in [-0.15, -0.1) is 0 Å². The topological polar surface area (TPSA) is 72.5 Å². The third-order valence-electron chi connectivity index (χ3n) is 4.86. The highest BCUT2D eigenvalue weighted by Gasteiger charge is 2.24. The van der Waals surface area contributed by atoms with Gasteiger partial charge in [-0.2, -0.15) is 0 Å². The maximum absolute atomic E-state index is 12.3. The summed E-state index contributed by atoms with van der Waals surface area (Å²) < 4.78 is 11.2. The van der Waals surface area contributed by atoms with Crippen LogP contribution in [-0.2, 0) is 11.2 Å². The molecule has 1 fully saturated rings. The van der Waals surface area contributed by atoms with Gasteiger partial charge in [-0.1, -0.05) is 0 Å². The van der Waals surface area contributed by atoms with Crippen molar-refractivity contribution >= 4 is 27.8 Å². The number of benzene rings is 1. The van der Waals surface area contributed by atoms with Gasteiger partial charge in [0, 0.05) is 22.9 Å². The lowest BCUT2D eigenvalue weighted by Crippen LogP contribution is -2.29. The zero-order valence-corrected chi connectivity index (χ0v) is 14.0. The first-order valence-electron chi connectivity index (χ1n) is 8.19. The lowest BCUT2D eigenvalue weighted by molar-refractivity contribution is -0.120. The smallest absolute Gasteiger partial charge is 0.340 e. The van der Waals surface area contributed by atoms with Crippen molar-refractivity contribution in [3.05, 3.63) is 45.0 Å². The molecule has 0 spiro atoms. The molecule has 124 valence electrons. The number of amides is 1. The van der Waals surface area contributed by atoms with E-state index in [1.165, 1.54) is 0 Å². The molecule has 0 bridgehead atoms. The number of nitrogens with one attached hydrogen (secondary N) is 1. The van der Waals surface area contributed by atoms with Gasteiger partial charge in [0.1, 0.15) is 16.9 Å². The van der Waals surface area contributed by atoms with Gasteiger partial charge in [-0.05, 0) is 50.8 Å². The molecule has 1 aliphatic carbocycles. The van der Waals surface area contributed by atoms with Crippen LogP contribution in [0.4, 0.5) is 0 Å². The van der Waals surface area contributed by atoms with Crippen molar-refractivity contribution in [3.63, 3.8) is 0 Å². The number of hydrogen-bond acceptors (Lipinski definition) is 4. The molecule has 1 amide bonds. The van der Waals surface area contributed by atoms with Crippen molar-refractivity contribution in [2.75, 3.05) is 0 Å². The number of carbonyl (C=O) groups is 1. The number of aryl methyl sites for hydroxylation is 3. The zero-order valence-electron chi connectivity index (χ0n) is 14.0. The quantitative estimate of drug-likeness (QED) is 0.750. The maximum atomic E-state index is 12.3. The number of fused-ring (bicyclic) bond motifs is 2. The zero-order chi connectivity index (χ0) is 17.0. The normalized spacial score (nSPS) is 14.5. The predicted molar refractivity (Wildman–Crippen MR) is 91.3 cm³/mol. The van der Waals surface area contributed by atoms with Gasteiger partial charge < -0.3 is 14.2 Å². The summed E-state index contributed by atoms with van der Waals surface area (Å²) >= 11 is 0. The average molecular weight is 325 g/mol. The maximum Gasteiger partial charge on any atom is 0.340 e. The van der Waals surface area contributed by atoms with Crippen molar-refractivity contribution in [1.82, 2.24) is 5.32 Å². The molecule has 1 aromatic carbocycles. The van der Waals surface area contributed by atoms with Crippen LogP contribution in [0.3, 0.4) is 0 Å². The Morgan fingerprint density at radius 1 is 1.08 bits per heavy atom. The van der Waals surface area contributed by atoms with E-state index in [1.807, 2.05) is 26.8 Å². The largest absolute Gasteiger partial charge is 0.461 e. The first-order chi connectivity index (χ1) is 11.4. The van der Waals surface area contributed by atoms with Crippen LogP contribution in [0.5, 0.6) is 0 Å². The van der Waals surface area contributed by atoms with Crippen LogP contribution in [0, 0.1) is 20.8 Å². The fraction of sp³-hybridized carbons (Fsp3) is 0.368. The molecule has 0 radical (unpaired) electrons. The van der Waals surface area contributed by atoms with Crippen molar-refractivity contribution < 1.29 is 13.6 Å². The SMILES string of the molecule is Cc1oc2cc3oc(=O)c(CC(=O)NC4CC4)c(C)c3cc2c1C. The molecule has 1 aliphatic rings. The first-order valence-corrected chi connectivity index (χ1v) is 8.19. The minimum Gasteiger partial charge on any atom is -0.461 e. The Kier molecular flexibility index (Phi) is 3.27. The summed E-state index contributed by atoms with van der Waals surface area (Å²) in [4.78, 5) is 24.4. The van der Waals surface area contributed by atoms with Crippen molar-refractivity contribution in [3.8, 4) is 0 Å². The van der Waals surface area contributed by atoms with Crippen LogP contribution in [-0.4, -0.2) is 11.9 Å². The summed E-state index contributed by atoms with van der Waals surface area (Å²) in [5.41, 5.74) is 3.05. The van der Waals surface area contributed by atoms with E-state index in [-0.39, 0.29) is 18.4 Å². The highest BCUT2D eigenvalue weighted by Crippen LogP contribution is 2.31. The molecule has 2 aromatic heterocycles. The lowest BCUT2D eigenvalue weighted by Gasteiger charge is -2.08. The van der Waals surface area contributed by atoms with Crippen molar-refractivity contribution in [2.45, 2.75) is 46.1 Å². The monoisotopic (exact) mass is 325 g/mol. The molecule has 0 saturated heterocycles. The van der Waals surface area contributed by atoms with Crippen LogP contribution in [0.15, 0.2) is 25.8 Å². The number of rotatable bonds is 3. The number of carbonyl (C=O) groups excluding carboxylic acids is 1. The van der Waals surface area contributed by atoms with Gasteiger partial charge in [0.05, 0.1) is 12.0 Å². The standard InChI is InChI=1S/C19H19NO4/c1-9-11(3)23-16-8-17-14(6-13(9)16)10(2)15(19(22)24-17)7-18(21)20-12-4-5-12/h6,8,12H,4-5,7H2,1-3H3,(H,20,21). The van der Waals surface area contributed by atoms with Crippen LogP contribution < -0.4 is 10.9 Å². The Labute approximate surface area is 138 Å². The summed E-state index contributed by atoms with van der Waals surface area (Å²) in [5.74, 6) is 0.730. The molecule has 2 heterocycles. The summed E-state index contributed by atoms with van der Waals surface area (Å²) in [7, 11) is 0. The summed E-state index contributed by atoms with van der Waals surface area (Å²) in [6, 6.07) is 4.02. The van der Waals surface area contributed by atoms with Crippen LogP contribution in [0.2, 0.25) is 0 Å². The van der Waals surface area contributed by atoms with Gasteiger partial charge in [0.25, 0.3) is 0 Å². The summed E-state index contributed by atoms with van der Waals surface area (Å²) in [6.45, 7) is 5.79. The van der Waals surface area contributed by atoms with Crippen LogP contribution in [0.1, 0.15) is 35.3 Å². The molecular formula is C19H19NO4. The fourth-order valence-corrected chi connectivity index (χ4v) is 3.10. The van der Waals surface area contributed by atoms with E-state index in [0.717, 1.165) is 40.5 Å². The number of hydrogen-bond donors (Lipinski definition) is 1. The molecule has 5 nitrogen and oxygen atoms in total. The molecule has 0 unspecified atom stereocenters. The van der Waals surface area contributed by atoms with Crippen molar-refractivity contribution in [2.24, 2.45) is 0 Å². The Morgan fingerprint density at radius 2 is 1.75 bits per heavy atom. The highest BCUT2D eigenvalue weighted by molar-refractivity contribution is 5.97. The van der Waals surface area contributed by atoms with Gasteiger partial charge in [-0.25, -0.2) is 4.79 Å². The number of furan rings is 1. The Hall–Kier alpha value is -2.56. The molecular weight excluding hydrogens is 306 g/mol. The third kappa shape index (κ3) is 2.40. The van der Waals surface area contributed by atoms with E-state index in [9.17, 15) is 9.59 Å². The summed E-state index contributed by atoms with van der Waals surface area (Å²) in [6.07, 6.45) is 2.10. The van der Waals surface area contributed by atoms with E-state index in [1.54, 1.807) is 6.07 Å². The van der Waals surface area contributed by atoms with Crippen molar-refractivity contribution in [1.29, 1.82) is 0 Å². The van der Waals surface area contributed by atoms with Gasteiger partial charge in [0.15, 0.2) is 0 Å². The lowest BCUT2D eigenvalue weighted by atomic mass is 10.0. The molecule has 1 N–H and O–H groups in total. The van der Waals surface area contributed by atoms with Gasteiger partial charge in [-0.3, -0.25) is 4.79 Å². The van der Waals surface area contributed by atoms with Crippen LogP contribution >= 0.6 is 0 Å². The van der Waals surface area contributed by atoms with E-state index >= 15 is 0 Å². The minimum absolute atomic E-state index is 0.0576. The third-order valence-corrected chi connectivity index (χ3v) is 4.86. The predicted octanol–water partition coefficient (Wildman–Crippen LogP) is 3.29. The molecule has 3 aromatic rings. The Bertz CT molecular complexity index is 1040. The first kappa shape index (κ1) is 15.0. The van der Waals surface area contributed by atoms with E-state index in [0.29, 0.717) is 16.7 Å². The van der Waals surface area contributed by atoms with Gasteiger partial charge >= 0.3 is 5.63 Å². The Balaban J connectivity index is 1.85. The molecule has 5 heteroatoms. The molecule has 24 heavy (non-hydrogen) atoms.